The molecule has 1 fully saturated rings. The molecule has 0 bridgehead atoms. The smallest absolute Gasteiger partial charge is 0.328 e. The van der Waals surface area contributed by atoms with Crippen LogP contribution in [0.25, 0.3) is 0 Å². The number of amides is 1. The number of carboxylic acids is 1. The first-order chi connectivity index (χ1) is 8.90. The quantitative estimate of drug-likeness (QED) is 0.894. The van der Waals surface area contributed by atoms with Crippen molar-refractivity contribution in [3.63, 3.8) is 0 Å². The molecule has 1 heterocycles. The summed E-state index contributed by atoms with van der Waals surface area (Å²) in [5.74, 6) is -1.00. The Morgan fingerprint density at radius 2 is 2.16 bits per heavy atom. The number of carbonyl (C=O) groups excluding carboxylic acids is 1. The number of halogens is 1. The van der Waals surface area contributed by atoms with Crippen LogP contribution in [0.3, 0.4) is 0 Å². The second-order valence-electron chi connectivity index (χ2n) is 4.71. The van der Waals surface area contributed by atoms with Crippen LogP contribution in [0.1, 0.15) is 5.56 Å². The molecule has 0 spiro atoms. The van der Waals surface area contributed by atoms with Crippen LogP contribution in [-0.2, 0) is 9.59 Å². The minimum atomic E-state index is -0.924. The van der Waals surface area contributed by atoms with Crippen molar-refractivity contribution in [3.05, 3.63) is 28.2 Å². The molecule has 5 nitrogen and oxygen atoms in total. The molecule has 1 saturated heterocycles. The largest absolute Gasteiger partial charge is 0.480 e. The van der Waals surface area contributed by atoms with E-state index in [0.29, 0.717) is 0 Å². The summed E-state index contributed by atoms with van der Waals surface area (Å²) in [6, 6.07) is 4.94. The van der Waals surface area contributed by atoms with Gasteiger partial charge in [-0.2, -0.15) is 0 Å². The number of benzene rings is 1. The van der Waals surface area contributed by atoms with Crippen LogP contribution >= 0.6 is 15.9 Å². The SMILES string of the molecule is Cc1ccc(N2CC(=O)N(C)CC2C(=O)O)c(Br)c1. The van der Waals surface area contributed by atoms with Crippen molar-refractivity contribution in [1.29, 1.82) is 0 Å². The maximum atomic E-state index is 11.8. The minimum absolute atomic E-state index is 0.0785. The summed E-state index contributed by atoms with van der Waals surface area (Å²) in [6.07, 6.45) is 0. The van der Waals surface area contributed by atoms with Gasteiger partial charge in [-0.05, 0) is 40.5 Å². The zero-order chi connectivity index (χ0) is 14.2. The van der Waals surface area contributed by atoms with Crippen LogP contribution < -0.4 is 4.90 Å². The van der Waals surface area contributed by atoms with Crippen molar-refractivity contribution >= 4 is 33.5 Å². The van der Waals surface area contributed by atoms with E-state index >= 15 is 0 Å². The lowest BCUT2D eigenvalue weighted by atomic mass is 10.1. The molecule has 1 N–H and O–H groups in total. The Morgan fingerprint density at radius 3 is 2.74 bits per heavy atom. The normalized spacial score (nSPS) is 19.7. The van der Waals surface area contributed by atoms with Gasteiger partial charge in [0.25, 0.3) is 0 Å². The van der Waals surface area contributed by atoms with Crippen LogP contribution in [-0.4, -0.2) is 48.1 Å². The van der Waals surface area contributed by atoms with Crippen molar-refractivity contribution in [3.8, 4) is 0 Å². The molecule has 0 aliphatic carbocycles. The van der Waals surface area contributed by atoms with Crippen LogP contribution in [0.5, 0.6) is 0 Å². The van der Waals surface area contributed by atoms with Gasteiger partial charge >= 0.3 is 5.97 Å². The molecular formula is C13H15BrN2O3. The second-order valence-corrected chi connectivity index (χ2v) is 5.57. The molecule has 1 atom stereocenters. The first-order valence-electron chi connectivity index (χ1n) is 5.89. The Bertz CT molecular complexity index is 533. The Kier molecular flexibility index (Phi) is 3.80. The van der Waals surface area contributed by atoms with Crippen molar-refractivity contribution in [1.82, 2.24) is 4.90 Å². The second kappa shape index (κ2) is 5.21. The number of carboxylic acid groups (broad SMARTS) is 1. The molecule has 1 aliphatic heterocycles. The van der Waals surface area contributed by atoms with E-state index in [-0.39, 0.29) is 19.0 Å². The van der Waals surface area contributed by atoms with Crippen molar-refractivity contribution in [2.24, 2.45) is 0 Å². The van der Waals surface area contributed by atoms with Gasteiger partial charge in [0.2, 0.25) is 5.91 Å². The first kappa shape index (κ1) is 13.9. The average Bonchev–Trinajstić information content (AvgIpc) is 2.32. The van der Waals surface area contributed by atoms with Gasteiger partial charge in [-0.15, -0.1) is 0 Å². The Hall–Kier alpha value is -1.56. The Balaban J connectivity index is 2.39. The number of hydrogen-bond donors (Lipinski definition) is 1. The number of nitrogens with zero attached hydrogens (tertiary/aromatic N) is 2. The van der Waals surface area contributed by atoms with Crippen molar-refractivity contribution < 1.29 is 14.7 Å². The van der Waals surface area contributed by atoms with E-state index in [1.165, 1.54) is 4.90 Å². The number of anilines is 1. The van der Waals surface area contributed by atoms with Gasteiger partial charge in [0.15, 0.2) is 0 Å². The molecule has 19 heavy (non-hydrogen) atoms. The number of piperazine rings is 1. The van der Waals surface area contributed by atoms with Crippen molar-refractivity contribution in [2.75, 3.05) is 25.0 Å². The third-order valence-electron chi connectivity index (χ3n) is 3.25. The summed E-state index contributed by atoms with van der Waals surface area (Å²) >= 11 is 3.43. The molecule has 1 aliphatic rings. The summed E-state index contributed by atoms with van der Waals surface area (Å²) in [6.45, 7) is 2.22. The van der Waals surface area contributed by atoms with E-state index in [0.717, 1.165) is 15.7 Å². The molecule has 1 amide bonds. The van der Waals surface area contributed by atoms with Gasteiger partial charge in [0.1, 0.15) is 6.04 Å². The molecule has 102 valence electrons. The number of aliphatic carboxylic acids is 1. The lowest BCUT2D eigenvalue weighted by Gasteiger charge is -2.39. The highest BCUT2D eigenvalue weighted by Crippen LogP contribution is 2.30. The van der Waals surface area contributed by atoms with E-state index in [2.05, 4.69) is 15.9 Å². The first-order valence-corrected chi connectivity index (χ1v) is 6.69. The van der Waals surface area contributed by atoms with E-state index < -0.39 is 12.0 Å². The van der Waals surface area contributed by atoms with Crippen LogP contribution in [0.2, 0.25) is 0 Å². The van der Waals surface area contributed by atoms with Gasteiger partial charge < -0.3 is 14.9 Å². The predicted molar refractivity (Wildman–Crippen MR) is 75.3 cm³/mol. The molecule has 1 aromatic rings. The van der Waals surface area contributed by atoms with Gasteiger partial charge in [0.05, 0.1) is 18.8 Å². The highest BCUT2D eigenvalue weighted by atomic mass is 79.9. The van der Waals surface area contributed by atoms with E-state index in [4.69, 9.17) is 0 Å². The van der Waals surface area contributed by atoms with Gasteiger partial charge in [-0.3, -0.25) is 4.79 Å². The summed E-state index contributed by atoms with van der Waals surface area (Å²) < 4.78 is 0.802. The fourth-order valence-electron chi connectivity index (χ4n) is 2.15. The zero-order valence-corrected chi connectivity index (χ0v) is 12.3. The average molecular weight is 327 g/mol. The Morgan fingerprint density at radius 1 is 1.47 bits per heavy atom. The number of rotatable bonds is 2. The maximum Gasteiger partial charge on any atom is 0.328 e. The fraction of sp³-hybridized carbons (Fsp3) is 0.385. The van der Waals surface area contributed by atoms with Crippen LogP contribution in [0.4, 0.5) is 5.69 Å². The highest BCUT2D eigenvalue weighted by Gasteiger charge is 2.35. The monoisotopic (exact) mass is 326 g/mol. The fourth-order valence-corrected chi connectivity index (χ4v) is 2.87. The molecule has 1 aromatic carbocycles. The molecule has 0 saturated carbocycles. The number of aryl methyl sites for hydroxylation is 1. The standard InChI is InChI=1S/C13H15BrN2O3/c1-8-3-4-10(9(14)5-8)16-7-12(17)15(2)6-11(16)13(18)19/h3-5,11H,6-7H2,1-2H3,(H,18,19). The summed E-state index contributed by atoms with van der Waals surface area (Å²) in [5, 5.41) is 9.32. The molecule has 2 rings (SSSR count). The van der Waals surface area contributed by atoms with Crippen molar-refractivity contribution in [2.45, 2.75) is 13.0 Å². The van der Waals surface area contributed by atoms with Gasteiger partial charge in [-0.25, -0.2) is 4.79 Å². The van der Waals surface area contributed by atoms with Crippen LogP contribution in [0.15, 0.2) is 22.7 Å². The molecular weight excluding hydrogens is 312 g/mol. The summed E-state index contributed by atoms with van der Waals surface area (Å²) in [7, 11) is 1.62. The molecule has 0 radical (unpaired) electrons. The summed E-state index contributed by atoms with van der Waals surface area (Å²) in [4.78, 5) is 26.3. The zero-order valence-electron chi connectivity index (χ0n) is 10.8. The molecule has 6 heteroatoms. The lowest BCUT2D eigenvalue weighted by Crippen LogP contribution is -2.58. The summed E-state index contributed by atoms with van der Waals surface area (Å²) in [5.41, 5.74) is 1.81. The van der Waals surface area contributed by atoms with Gasteiger partial charge in [-0.1, -0.05) is 6.07 Å². The third kappa shape index (κ3) is 2.73. The highest BCUT2D eigenvalue weighted by molar-refractivity contribution is 9.10. The Labute approximate surface area is 119 Å². The maximum absolute atomic E-state index is 11.8. The molecule has 1 unspecified atom stereocenters. The van der Waals surface area contributed by atoms with Gasteiger partial charge in [0, 0.05) is 11.5 Å². The van der Waals surface area contributed by atoms with Crippen LogP contribution in [0, 0.1) is 6.92 Å². The number of hydrogen-bond acceptors (Lipinski definition) is 3. The van der Waals surface area contributed by atoms with E-state index in [1.54, 1.807) is 11.9 Å². The number of carbonyl (C=O) groups is 2. The minimum Gasteiger partial charge on any atom is -0.480 e. The van der Waals surface area contributed by atoms with E-state index in [1.807, 2.05) is 25.1 Å². The predicted octanol–water partition coefficient (Wildman–Crippen LogP) is 1.49. The third-order valence-corrected chi connectivity index (χ3v) is 3.89. The topological polar surface area (TPSA) is 60.9 Å². The number of likely N-dealkylation sites (N-methyl/N-ethyl adjacent to an activating group) is 1. The van der Waals surface area contributed by atoms with E-state index in [9.17, 15) is 14.7 Å². The lowest BCUT2D eigenvalue weighted by molar-refractivity contribution is -0.141. The molecule has 0 aromatic heterocycles.